The number of benzene rings is 1. The first-order valence-corrected chi connectivity index (χ1v) is 7.17. The maximum absolute atomic E-state index is 12.5. The van der Waals surface area contributed by atoms with Crippen molar-refractivity contribution in [3.63, 3.8) is 0 Å². The highest BCUT2D eigenvalue weighted by atomic mass is 32.2. The second-order valence-electron chi connectivity index (χ2n) is 4.18. The van der Waals surface area contributed by atoms with Crippen molar-refractivity contribution in [3.8, 4) is 0 Å². The first kappa shape index (κ1) is 13.3. The van der Waals surface area contributed by atoms with E-state index < -0.39 is 10.0 Å². The van der Waals surface area contributed by atoms with Crippen LogP contribution in [-0.4, -0.2) is 38.5 Å². The lowest BCUT2D eigenvalue weighted by Crippen LogP contribution is -2.44. The fraction of sp³-hybridized carbons (Fsp3) is 0.455. The van der Waals surface area contributed by atoms with Crippen molar-refractivity contribution in [1.82, 2.24) is 4.31 Å². The molecule has 0 bridgehead atoms. The van der Waals surface area contributed by atoms with Gasteiger partial charge in [-0.2, -0.15) is 4.31 Å². The molecule has 6 nitrogen and oxygen atoms in total. The molecule has 100 valence electrons. The van der Waals surface area contributed by atoms with E-state index in [-0.39, 0.29) is 11.0 Å². The van der Waals surface area contributed by atoms with Crippen LogP contribution in [0.5, 0.6) is 0 Å². The minimum atomic E-state index is -3.53. The number of nitrogens with one attached hydrogen (secondary N) is 1. The Hall–Kier alpha value is -1.15. The molecule has 1 aliphatic rings. The van der Waals surface area contributed by atoms with Crippen LogP contribution < -0.4 is 11.3 Å². The molecule has 1 unspecified atom stereocenters. The summed E-state index contributed by atoms with van der Waals surface area (Å²) in [5, 5.41) is 0. The largest absolute Gasteiger partial charge is 0.376 e. The predicted octanol–water partition coefficient (Wildman–Crippen LogP) is 0.382. The Balaban J connectivity index is 2.35. The third-order valence-corrected chi connectivity index (χ3v) is 4.79. The fourth-order valence-electron chi connectivity index (χ4n) is 1.95. The predicted molar refractivity (Wildman–Crippen MR) is 68.4 cm³/mol. The molecule has 7 heteroatoms. The summed E-state index contributed by atoms with van der Waals surface area (Å²) in [6.45, 7) is 3.00. The van der Waals surface area contributed by atoms with Gasteiger partial charge in [-0.3, -0.25) is 5.84 Å². The number of nitrogens with two attached hydrogens (primary N) is 1. The fourth-order valence-corrected chi connectivity index (χ4v) is 3.61. The lowest BCUT2D eigenvalue weighted by atomic mass is 10.3. The van der Waals surface area contributed by atoms with Gasteiger partial charge >= 0.3 is 0 Å². The third-order valence-electron chi connectivity index (χ3n) is 2.86. The molecular weight excluding hydrogens is 254 g/mol. The first-order chi connectivity index (χ1) is 8.55. The van der Waals surface area contributed by atoms with Crippen molar-refractivity contribution in [2.45, 2.75) is 17.9 Å². The zero-order valence-corrected chi connectivity index (χ0v) is 11.0. The van der Waals surface area contributed by atoms with Crippen LogP contribution in [0.2, 0.25) is 0 Å². The summed E-state index contributed by atoms with van der Waals surface area (Å²) >= 11 is 0. The van der Waals surface area contributed by atoms with Crippen molar-refractivity contribution in [2.24, 2.45) is 5.84 Å². The number of nitrogen functional groups attached to an aromatic ring is 1. The quantitative estimate of drug-likeness (QED) is 0.613. The molecule has 0 aromatic heterocycles. The number of anilines is 1. The van der Waals surface area contributed by atoms with E-state index in [4.69, 9.17) is 10.6 Å². The highest BCUT2D eigenvalue weighted by Crippen LogP contribution is 2.24. The molecule has 0 saturated carbocycles. The molecule has 1 saturated heterocycles. The van der Waals surface area contributed by atoms with Gasteiger partial charge in [0.25, 0.3) is 0 Å². The van der Waals surface area contributed by atoms with Crippen molar-refractivity contribution in [3.05, 3.63) is 24.3 Å². The van der Waals surface area contributed by atoms with Crippen LogP contribution in [0.15, 0.2) is 29.2 Å². The molecule has 1 aliphatic heterocycles. The highest BCUT2D eigenvalue weighted by Gasteiger charge is 2.30. The Morgan fingerprint density at radius 1 is 1.44 bits per heavy atom. The maximum Gasteiger partial charge on any atom is 0.245 e. The number of ether oxygens (including phenoxy) is 1. The number of morpholine rings is 1. The minimum Gasteiger partial charge on any atom is -0.376 e. The average molecular weight is 271 g/mol. The second-order valence-corrected chi connectivity index (χ2v) is 6.09. The molecule has 0 amide bonds. The number of rotatable bonds is 3. The van der Waals surface area contributed by atoms with Gasteiger partial charge in [0, 0.05) is 13.1 Å². The van der Waals surface area contributed by atoms with E-state index in [1.807, 2.05) is 6.92 Å². The summed E-state index contributed by atoms with van der Waals surface area (Å²) in [7, 11) is -3.53. The third kappa shape index (κ3) is 2.49. The zero-order chi connectivity index (χ0) is 13.2. The molecule has 0 aliphatic carbocycles. The van der Waals surface area contributed by atoms with Crippen LogP contribution in [0.4, 0.5) is 5.69 Å². The van der Waals surface area contributed by atoms with Crippen molar-refractivity contribution < 1.29 is 13.2 Å². The Morgan fingerprint density at radius 3 is 2.83 bits per heavy atom. The number of nitrogens with zero attached hydrogens (tertiary/aromatic N) is 1. The van der Waals surface area contributed by atoms with Gasteiger partial charge < -0.3 is 10.2 Å². The van der Waals surface area contributed by atoms with E-state index >= 15 is 0 Å². The SMILES string of the molecule is CC1CN(S(=O)(=O)c2ccccc2NN)CCO1. The second kappa shape index (κ2) is 5.23. The first-order valence-electron chi connectivity index (χ1n) is 5.73. The monoisotopic (exact) mass is 271 g/mol. The van der Waals surface area contributed by atoms with E-state index in [9.17, 15) is 8.42 Å². The highest BCUT2D eigenvalue weighted by molar-refractivity contribution is 7.89. The number of hydrazine groups is 1. The molecule has 18 heavy (non-hydrogen) atoms. The Bertz CT molecular complexity index is 518. The average Bonchev–Trinajstić information content (AvgIpc) is 2.38. The van der Waals surface area contributed by atoms with Gasteiger partial charge in [0.15, 0.2) is 0 Å². The normalized spacial score (nSPS) is 21.8. The van der Waals surface area contributed by atoms with Crippen LogP contribution in [0.3, 0.4) is 0 Å². The zero-order valence-electron chi connectivity index (χ0n) is 10.2. The van der Waals surface area contributed by atoms with Gasteiger partial charge in [-0.05, 0) is 19.1 Å². The minimum absolute atomic E-state index is 0.0912. The van der Waals surface area contributed by atoms with Crippen LogP contribution in [-0.2, 0) is 14.8 Å². The molecule has 1 atom stereocenters. The van der Waals surface area contributed by atoms with E-state index in [2.05, 4.69) is 5.43 Å². The van der Waals surface area contributed by atoms with Crippen LogP contribution in [0.25, 0.3) is 0 Å². The summed E-state index contributed by atoms with van der Waals surface area (Å²) in [5.74, 6) is 5.35. The molecule has 1 aromatic rings. The lowest BCUT2D eigenvalue weighted by molar-refractivity contribution is 0.0102. The Morgan fingerprint density at radius 2 is 2.17 bits per heavy atom. The molecule has 0 radical (unpaired) electrons. The summed E-state index contributed by atoms with van der Waals surface area (Å²) < 4.78 is 31.8. The van der Waals surface area contributed by atoms with E-state index in [1.54, 1.807) is 24.3 Å². The van der Waals surface area contributed by atoms with Gasteiger partial charge in [-0.1, -0.05) is 12.1 Å². The molecule has 1 fully saturated rings. The lowest BCUT2D eigenvalue weighted by Gasteiger charge is -2.30. The van der Waals surface area contributed by atoms with Crippen molar-refractivity contribution in [1.29, 1.82) is 0 Å². The molecule has 0 spiro atoms. The van der Waals surface area contributed by atoms with Crippen LogP contribution >= 0.6 is 0 Å². The standard InChI is InChI=1S/C11H17N3O3S/c1-9-8-14(6-7-17-9)18(15,16)11-5-3-2-4-10(11)13-12/h2-5,9,13H,6-8,12H2,1H3. The van der Waals surface area contributed by atoms with E-state index in [0.29, 0.717) is 25.4 Å². The topological polar surface area (TPSA) is 84.7 Å². The molecule has 1 aromatic carbocycles. The molecule has 3 N–H and O–H groups in total. The summed E-state index contributed by atoms with van der Waals surface area (Å²) in [4.78, 5) is 0.196. The van der Waals surface area contributed by atoms with E-state index in [1.165, 1.54) is 4.31 Å². The summed E-state index contributed by atoms with van der Waals surface area (Å²) in [6, 6.07) is 6.59. The van der Waals surface area contributed by atoms with Crippen LogP contribution in [0, 0.1) is 0 Å². The summed E-state index contributed by atoms with van der Waals surface area (Å²) in [6.07, 6.45) is -0.0912. The number of hydrogen-bond donors (Lipinski definition) is 2. The van der Waals surface area contributed by atoms with Gasteiger partial charge in [-0.15, -0.1) is 0 Å². The van der Waals surface area contributed by atoms with Gasteiger partial charge in [-0.25, -0.2) is 8.42 Å². The molecular formula is C11H17N3O3S. The maximum atomic E-state index is 12.5. The van der Waals surface area contributed by atoms with E-state index in [0.717, 1.165) is 0 Å². The molecule has 1 heterocycles. The smallest absolute Gasteiger partial charge is 0.245 e. The molecule has 2 rings (SSSR count). The van der Waals surface area contributed by atoms with Gasteiger partial charge in [0.1, 0.15) is 4.90 Å². The Kier molecular flexibility index (Phi) is 3.86. The number of hydrogen-bond acceptors (Lipinski definition) is 5. The Labute approximate surface area is 107 Å². The van der Waals surface area contributed by atoms with Crippen LogP contribution in [0.1, 0.15) is 6.92 Å². The van der Waals surface area contributed by atoms with Gasteiger partial charge in [0.2, 0.25) is 10.0 Å². The van der Waals surface area contributed by atoms with Gasteiger partial charge in [0.05, 0.1) is 18.4 Å². The number of para-hydroxylation sites is 1. The van der Waals surface area contributed by atoms with Crippen molar-refractivity contribution in [2.75, 3.05) is 25.1 Å². The number of sulfonamides is 1. The summed E-state index contributed by atoms with van der Waals surface area (Å²) in [5.41, 5.74) is 2.81. The van der Waals surface area contributed by atoms with Crippen molar-refractivity contribution >= 4 is 15.7 Å².